The third-order valence-corrected chi connectivity index (χ3v) is 5.73. The number of nitrogens with one attached hydrogen (secondary N) is 4. The number of para-hydroxylation sites is 1. The molecule has 0 bridgehead atoms. The molecule has 1 heterocycles. The average Bonchev–Trinajstić information content (AvgIpc) is 2.91. The summed E-state index contributed by atoms with van der Waals surface area (Å²) >= 11 is 0. The minimum Gasteiger partial charge on any atom is -0.489 e. The predicted molar refractivity (Wildman–Crippen MR) is 162 cm³/mol. The summed E-state index contributed by atoms with van der Waals surface area (Å²) in [7, 11) is 0. The Kier molecular flexibility index (Phi) is 9.16. The molecule has 4 aromatic rings. The van der Waals surface area contributed by atoms with Crippen LogP contribution in [-0.4, -0.2) is 51.9 Å². The fraction of sp³-hybridized carbons (Fsp3) is 0.290. The lowest BCUT2D eigenvalue weighted by molar-refractivity contribution is 0.0635. The molecule has 41 heavy (non-hydrogen) atoms. The summed E-state index contributed by atoms with van der Waals surface area (Å²) in [6.07, 6.45) is -0.215. The fourth-order valence-corrected chi connectivity index (χ4v) is 4.06. The van der Waals surface area contributed by atoms with Crippen LogP contribution in [-0.2, 0) is 4.74 Å². The number of amides is 1. The smallest absolute Gasteiger partial charge is 0.412 e. The number of rotatable bonds is 10. The zero-order valence-corrected chi connectivity index (χ0v) is 23.9. The molecule has 3 aromatic carbocycles. The lowest BCUT2D eigenvalue weighted by Gasteiger charge is -2.20. The number of benzene rings is 3. The molecule has 0 saturated carbocycles. The monoisotopic (exact) mass is 556 g/mol. The van der Waals surface area contributed by atoms with Crippen molar-refractivity contribution in [1.82, 2.24) is 15.3 Å². The lowest BCUT2D eigenvalue weighted by Crippen LogP contribution is -2.38. The Bertz CT molecular complexity index is 1530. The molecular weight excluding hydrogens is 520 g/mol. The number of nitrogens with zero attached hydrogens (tertiary/aromatic N) is 2. The Balaban J connectivity index is 1.61. The van der Waals surface area contributed by atoms with Gasteiger partial charge in [0.15, 0.2) is 5.82 Å². The molecule has 0 spiro atoms. The minimum absolute atomic E-state index is 0.0984. The number of aliphatic hydroxyl groups excluding tert-OH is 1. The Hall–Kier alpha value is -4.54. The van der Waals surface area contributed by atoms with E-state index in [9.17, 15) is 9.90 Å². The molecule has 1 unspecified atom stereocenters. The Morgan fingerprint density at radius 1 is 1.05 bits per heavy atom. The Morgan fingerprint density at radius 2 is 1.83 bits per heavy atom. The maximum atomic E-state index is 12.3. The first kappa shape index (κ1) is 29.4. The van der Waals surface area contributed by atoms with Crippen LogP contribution < -0.4 is 20.7 Å². The lowest BCUT2D eigenvalue weighted by atomic mass is 10.1. The van der Waals surface area contributed by atoms with Crippen LogP contribution in [0.5, 0.6) is 5.75 Å². The van der Waals surface area contributed by atoms with Crippen LogP contribution >= 0.6 is 0 Å². The maximum absolute atomic E-state index is 12.3. The van der Waals surface area contributed by atoms with E-state index in [2.05, 4.69) is 16.0 Å². The number of carbonyl (C=O) groups is 1. The summed E-state index contributed by atoms with van der Waals surface area (Å²) in [6.45, 7) is 9.37. The summed E-state index contributed by atoms with van der Waals surface area (Å²) in [4.78, 5) is 21.9. The van der Waals surface area contributed by atoms with Gasteiger partial charge in [-0.2, -0.15) is 0 Å². The molecule has 0 aliphatic rings. The third-order valence-electron chi connectivity index (χ3n) is 5.73. The molecule has 0 aliphatic carbocycles. The zero-order chi connectivity index (χ0) is 29.6. The van der Waals surface area contributed by atoms with Gasteiger partial charge in [-0.3, -0.25) is 10.6 Å². The Morgan fingerprint density at radius 3 is 2.56 bits per heavy atom. The van der Waals surface area contributed by atoms with Crippen molar-refractivity contribution in [3.8, 4) is 17.1 Å². The number of carbonyl (C=O) groups excluding carboxylic acids is 1. The van der Waals surface area contributed by atoms with Crippen LogP contribution in [0.3, 0.4) is 0 Å². The first-order valence-corrected chi connectivity index (χ1v) is 13.4. The van der Waals surface area contributed by atoms with Gasteiger partial charge in [-0.15, -0.1) is 0 Å². The topological polar surface area (TPSA) is 141 Å². The van der Waals surface area contributed by atoms with E-state index in [1.54, 1.807) is 39.0 Å². The van der Waals surface area contributed by atoms with E-state index in [0.717, 1.165) is 16.5 Å². The van der Waals surface area contributed by atoms with Crippen molar-refractivity contribution in [1.29, 1.82) is 5.41 Å². The van der Waals surface area contributed by atoms with Crippen LogP contribution in [0.15, 0.2) is 66.7 Å². The summed E-state index contributed by atoms with van der Waals surface area (Å²) in [5.41, 5.74) is 2.49. The summed E-state index contributed by atoms with van der Waals surface area (Å²) in [5, 5.41) is 27.8. The molecule has 0 fully saturated rings. The van der Waals surface area contributed by atoms with Crippen LogP contribution in [0, 0.1) is 5.41 Å². The second-order valence-electron chi connectivity index (χ2n) is 10.8. The van der Waals surface area contributed by atoms with Gasteiger partial charge in [-0.05, 0) is 77.1 Å². The molecule has 10 heteroatoms. The molecule has 1 atom stereocenters. The summed E-state index contributed by atoms with van der Waals surface area (Å²) in [6, 6.07) is 20.5. The number of hydrogen-bond acceptors (Lipinski definition) is 9. The van der Waals surface area contributed by atoms with E-state index in [1.165, 1.54) is 6.21 Å². The van der Waals surface area contributed by atoms with Gasteiger partial charge in [-0.25, -0.2) is 14.8 Å². The van der Waals surface area contributed by atoms with Gasteiger partial charge in [0, 0.05) is 34.5 Å². The van der Waals surface area contributed by atoms with Crippen molar-refractivity contribution in [2.45, 2.75) is 52.5 Å². The van der Waals surface area contributed by atoms with Crippen LogP contribution in [0.25, 0.3) is 22.3 Å². The van der Waals surface area contributed by atoms with Crippen LogP contribution in [0.2, 0.25) is 0 Å². The highest BCUT2D eigenvalue weighted by atomic mass is 16.6. The number of anilines is 3. The zero-order valence-electron chi connectivity index (χ0n) is 23.9. The van der Waals surface area contributed by atoms with Gasteiger partial charge in [0.1, 0.15) is 30.0 Å². The van der Waals surface area contributed by atoms with Crippen LogP contribution in [0.1, 0.15) is 40.2 Å². The number of hydrogen-bond donors (Lipinski definition) is 5. The van der Waals surface area contributed by atoms with Crippen molar-refractivity contribution in [2.24, 2.45) is 0 Å². The first-order chi connectivity index (χ1) is 19.5. The van der Waals surface area contributed by atoms with Crippen molar-refractivity contribution < 1.29 is 19.4 Å². The fourth-order valence-electron chi connectivity index (χ4n) is 4.06. The van der Waals surface area contributed by atoms with Gasteiger partial charge in [0.05, 0.1) is 11.2 Å². The van der Waals surface area contributed by atoms with Gasteiger partial charge in [-0.1, -0.05) is 24.3 Å². The highest BCUT2D eigenvalue weighted by Crippen LogP contribution is 2.30. The van der Waals surface area contributed by atoms with E-state index in [4.69, 9.17) is 24.9 Å². The van der Waals surface area contributed by atoms with Gasteiger partial charge in [0.25, 0.3) is 0 Å². The third kappa shape index (κ3) is 8.23. The summed E-state index contributed by atoms with van der Waals surface area (Å²) in [5.74, 6) is 1.66. The van der Waals surface area contributed by atoms with Gasteiger partial charge in [0.2, 0.25) is 0 Å². The highest BCUT2D eigenvalue weighted by Gasteiger charge is 2.18. The van der Waals surface area contributed by atoms with Crippen molar-refractivity contribution in [2.75, 3.05) is 17.2 Å². The van der Waals surface area contributed by atoms with Gasteiger partial charge < -0.3 is 25.3 Å². The standard InChI is InChI=1S/C31H36N6O4/c1-19(2)33-27(38)18-40-23-10-8-9-20(16-23)28-35-26-12-7-6-11-24(26)29(37-28)34-22-13-14-25(21(15-22)17-32)36-30(39)41-31(3,4)5/h6-17,19,27,32-33,38H,18H2,1-5H3,(H,36,39)(H,34,35,37). The van der Waals surface area contributed by atoms with E-state index in [1.807, 2.05) is 62.4 Å². The number of fused-ring (bicyclic) bond motifs is 1. The average molecular weight is 557 g/mol. The Labute approximate surface area is 239 Å². The molecule has 1 amide bonds. The second-order valence-corrected chi connectivity index (χ2v) is 10.8. The van der Waals surface area contributed by atoms with Crippen molar-refractivity contribution >= 4 is 40.4 Å². The van der Waals surface area contributed by atoms with E-state index in [0.29, 0.717) is 34.3 Å². The van der Waals surface area contributed by atoms with E-state index >= 15 is 0 Å². The van der Waals surface area contributed by atoms with Crippen LogP contribution in [0.4, 0.5) is 22.0 Å². The molecular formula is C31H36N6O4. The van der Waals surface area contributed by atoms with E-state index < -0.39 is 17.9 Å². The normalized spacial score (nSPS) is 12.2. The number of aromatic nitrogens is 2. The minimum atomic E-state index is -0.789. The quantitative estimate of drug-likeness (QED) is 0.117. The number of aliphatic hydroxyl groups is 1. The van der Waals surface area contributed by atoms with Crippen molar-refractivity contribution in [3.05, 3.63) is 72.3 Å². The molecule has 10 nitrogen and oxygen atoms in total. The second kappa shape index (κ2) is 12.8. The molecule has 214 valence electrons. The van der Waals surface area contributed by atoms with Crippen molar-refractivity contribution in [3.63, 3.8) is 0 Å². The van der Waals surface area contributed by atoms with Gasteiger partial charge >= 0.3 is 6.09 Å². The number of ether oxygens (including phenoxy) is 2. The molecule has 1 aromatic heterocycles. The summed E-state index contributed by atoms with van der Waals surface area (Å²) < 4.78 is 11.1. The maximum Gasteiger partial charge on any atom is 0.412 e. The molecule has 4 rings (SSSR count). The molecule has 0 radical (unpaired) electrons. The molecule has 0 aliphatic heterocycles. The largest absolute Gasteiger partial charge is 0.489 e. The predicted octanol–water partition coefficient (Wildman–Crippen LogP) is 6.08. The molecule has 0 saturated heterocycles. The highest BCUT2D eigenvalue weighted by molar-refractivity contribution is 5.96. The molecule has 5 N–H and O–H groups in total. The van der Waals surface area contributed by atoms with E-state index in [-0.39, 0.29) is 12.6 Å². The SMILES string of the molecule is CC(C)NC(O)COc1cccc(-c2nc(Nc3ccc(NC(=O)OC(C)(C)C)c(C=N)c3)c3ccccc3n2)c1. The first-order valence-electron chi connectivity index (χ1n) is 13.4.